The summed E-state index contributed by atoms with van der Waals surface area (Å²) in [6.07, 6.45) is -3.47. The van der Waals surface area contributed by atoms with Gasteiger partial charge in [-0.15, -0.1) is 12.6 Å². The summed E-state index contributed by atoms with van der Waals surface area (Å²) in [5, 5.41) is 0. The lowest BCUT2D eigenvalue weighted by Crippen LogP contribution is -2.52. The molecule has 0 aliphatic carbocycles. The van der Waals surface area contributed by atoms with Gasteiger partial charge in [-0.25, -0.2) is 4.90 Å². The molecule has 0 aliphatic heterocycles. The number of rotatable bonds is 6. The Morgan fingerprint density at radius 2 is 1.00 bits per heavy atom. The SMILES string of the molecule is CC(=O)OC(OC(C)=O)N(C(=S)S)C(OC(C)=O)OC(C)=O. The number of carbonyl (C=O) groups excluding carboxylic acids is 4. The minimum atomic E-state index is -1.73. The van der Waals surface area contributed by atoms with Crippen LogP contribution in [-0.4, -0.2) is 45.9 Å². The fraction of sp³-hybridized carbons (Fsp3) is 0.545. The summed E-state index contributed by atoms with van der Waals surface area (Å²) in [5.41, 5.74) is 0. The predicted octanol–water partition coefficient (Wildman–Crippen LogP) is 0.323. The smallest absolute Gasteiger partial charge is 0.338 e. The van der Waals surface area contributed by atoms with Gasteiger partial charge in [0, 0.05) is 27.7 Å². The number of thiol groups is 1. The number of ether oxygens (including phenoxy) is 4. The minimum Gasteiger partial charge on any atom is -0.406 e. The van der Waals surface area contributed by atoms with Gasteiger partial charge in [-0.1, -0.05) is 12.2 Å². The van der Waals surface area contributed by atoms with E-state index >= 15 is 0 Å². The average Bonchev–Trinajstić information content (AvgIpc) is 2.23. The lowest BCUT2D eigenvalue weighted by Gasteiger charge is -2.34. The first-order valence-electron chi connectivity index (χ1n) is 5.74. The van der Waals surface area contributed by atoms with Crippen molar-refractivity contribution in [1.29, 1.82) is 0 Å². The van der Waals surface area contributed by atoms with E-state index in [1.807, 2.05) is 0 Å². The van der Waals surface area contributed by atoms with Crippen molar-refractivity contribution in [2.45, 2.75) is 40.5 Å². The Morgan fingerprint density at radius 3 is 1.14 bits per heavy atom. The molecule has 124 valence electrons. The normalized spacial score (nSPS) is 9.95. The minimum absolute atomic E-state index is 0.319. The summed E-state index contributed by atoms with van der Waals surface area (Å²) in [5.74, 6) is -3.31. The molecule has 0 aromatic heterocycles. The van der Waals surface area contributed by atoms with Gasteiger partial charge in [0.2, 0.25) is 0 Å². The molecule has 0 N–H and O–H groups in total. The molecule has 0 amide bonds. The molecular weight excluding hydrogens is 338 g/mol. The molecule has 0 radical (unpaired) electrons. The fourth-order valence-electron chi connectivity index (χ4n) is 1.12. The molecule has 0 spiro atoms. The van der Waals surface area contributed by atoms with Crippen LogP contribution in [0.1, 0.15) is 27.7 Å². The van der Waals surface area contributed by atoms with Gasteiger partial charge in [-0.2, -0.15) is 0 Å². The Morgan fingerprint density at radius 1 is 0.773 bits per heavy atom. The zero-order valence-corrected chi connectivity index (χ0v) is 13.9. The van der Waals surface area contributed by atoms with Crippen molar-refractivity contribution in [3.8, 4) is 0 Å². The second-order valence-corrected chi connectivity index (χ2v) is 4.85. The second kappa shape index (κ2) is 9.20. The highest BCUT2D eigenvalue weighted by Gasteiger charge is 2.36. The Balaban J connectivity index is 5.57. The van der Waals surface area contributed by atoms with Crippen LogP contribution in [0, 0.1) is 0 Å². The molecule has 0 unspecified atom stereocenters. The van der Waals surface area contributed by atoms with E-state index in [0.717, 1.165) is 27.7 Å². The number of carbonyl (C=O) groups is 4. The van der Waals surface area contributed by atoms with Gasteiger partial charge in [-0.3, -0.25) is 19.2 Å². The van der Waals surface area contributed by atoms with Crippen molar-refractivity contribution in [2.75, 3.05) is 0 Å². The van der Waals surface area contributed by atoms with Crippen molar-refractivity contribution < 1.29 is 38.1 Å². The van der Waals surface area contributed by atoms with E-state index in [1.165, 1.54) is 0 Å². The van der Waals surface area contributed by atoms with Gasteiger partial charge in [0.25, 0.3) is 0 Å². The maximum absolute atomic E-state index is 11.1. The molecule has 0 saturated carbocycles. The third-order valence-corrected chi connectivity index (χ3v) is 2.18. The summed E-state index contributed by atoms with van der Waals surface area (Å²) in [6.45, 7) is 4.18. The van der Waals surface area contributed by atoms with E-state index in [9.17, 15) is 19.2 Å². The molecule has 0 bridgehead atoms. The number of hydrogen-bond acceptors (Lipinski definition) is 9. The predicted molar refractivity (Wildman–Crippen MR) is 78.1 cm³/mol. The van der Waals surface area contributed by atoms with Crippen LogP contribution in [0.25, 0.3) is 0 Å². The van der Waals surface area contributed by atoms with Crippen molar-refractivity contribution in [3.05, 3.63) is 0 Å². The second-order valence-electron chi connectivity index (χ2n) is 3.74. The van der Waals surface area contributed by atoms with Crippen molar-refractivity contribution in [1.82, 2.24) is 4.90 Å². The van der Waals surface area contributed by atoms with E-state index in [4.69, 9.17) is 31.2 Å². The van der Waals surface area contributed by atoms with Crippen LogP contribution < -0.4 is 0 Å². The Labute approximate surface area is 137 Å². The van der Waals surface area contributed by atoms with Crippen LogP contribution in [-0.2, 0) is 38.1 Å². The first-order valence-corrected chi connectivity index (χ1v) is 6.60. The molecule has 0 aromatic rings. The maximum atomic E-state index is 11.1. The van der Waals surface area contributed by atoms with Gasteiger partial charge in [0.05, 0.1) is 0 Å². The number of thiocarbonyl (C=S) groups is 1. The van der Waals surface area contributed by atoms with E-state index in [1.54, 1.807) is 0 Å². The first kappa shape index (κ1) is 20.1. The molecule has 0 rings (SSSR count). The molecule has 11 heteroatoms. The molecule has 0 atom stereocenters. The molecule has 0 heterocycles. The molecule has 0 fully saturated rings. The molecule has 0 aromatic carbocycles. The van der Waals surface area contributed by atoms with Crippen LogP contribution in [0.15, 0.2) is 0 Å². The van der Waals surface area contributed by atoms with Crippen LogP contribution in [0.5, 0.6) is 0 Å². The van der Waals surface area contributed by atoms with Gasteiger partial charge >= 0.3 is 36.7 Å². The lowest BCUT2D eigenvalue weighted by molar-refractivity contribution is -0.264. The van der Waals surface area contributed by atoms with Crippen LogP contribution >= 0.6 is 24.8 Å². The van der Waals surface area contributed by atoms with E-state index in [0.29, 0.717) is 4.90 Å². The van der Waals surface area contributed by atoms with E-state index < -0.39 is 36.7 Å². The van der Waals surface area contributed by atoms with Crippen LogP contribution in [0.3, 0.4) is 0 Å². The molecule has 22 heavy (non-hydrogen) atoms. The van der Waals surface area contributed by atoms with Crippen molar-refractivity contribution in [2.24, 2.45) is 0 Å². The highest BCUT2D eigenvalue weighted by Crippen LogP contribution is 2.16. The van der Waals surface area contributed by atoms with E-state index in [2.05, 4.69) is 12.6 Å². The topological polar surface area (TPSA) is 108 Å². The van der Waals surface area contributed by atoms with Gasteiger partial charge in [0.1, 0.15) is 4.32 Å². The maximum Gasteiger partial charge on any atom is 0.338 e. The molecule has 0 aliphatic rings. The number of nitrogens with zero attached hydrogens (tertiary/aromatic N) is 1. The average molecular weight is 353 g/mol. The summed E-state index contributed by atoms with van der Waals surface area (Å²) < 4.78 is 18.7. The largest absolute Gasteiger partial charge is 0.406 e. The highest BCUT2D eigenvalue weighted by molar-refractivity contribution is 8.10. The summed E-state index contributed by atoms with van der Waals surface area (Å²) in [4.78, 5) is 45.1. The highest BCUT2D eigenvalue weighted by atomic mass is 32.1. The third kappa shape index (κ3) is 7.78. The van der Waals surface area contributed by atoms with Crippen molar-refractivity contribution >= 4 is 53.0 Å². The Kier molecular flexibility index (Phi) is 8.42. The Bertz CT molecular complexity index is 413. The van der Waals surface area contributed by atoms with Gasteiger partial charge in [0.15, 0.2) is 0 Å². The molecule has 9 nitrogen and oxygen atoms in total. The van der Waals surface area contributed by atoms with Gasteiger partial charge in [-0.05, 0) is 0 Å². The molecule has 0 saturated heterocycles. The lowest BCUT2D eigenvalue weighted by atomic mass is 10.7. The first-order chi connectivity index (χ1) is 10.0. The summed E-state index contributed by atoms with van der Waals surface area (Å²) in [7, 11) is 0. The van der Waals surface area contributed by atoms with Crippen LogP contribution in [0.4, 0.5) is 0 Å². The monoisotopic (exact) mass is 353 g/mol. The molecular formula is C11H15NO8S2. The zero-order chi connectivity index (χ0) is 17.4. The van der Waals surface area contributed by atoms with Crippen molar-refractivity contribution in [3.63, 3.8) is 0 Å². The Hall–Kier alpha value is -1.88. The van der Waals surface area contributed by atoms with Crippen LogP contribution in [0.2, 0.25) is 0 Å². The summed E-state index contributed by atoms with van der Waals surface area (Å²) in [6, 6.07) is 0. The quantitative estimate of drug-likeness (QED) is 0.310. The van der Waals surface area contributed by atoms with E-state index in [-0.39, 0.29) is 4.32 Å². The zero-order valence-electron chi connectivity index (χ0n) is 12.2. The number of esters is 4. The standard InChI is InChI=1S/C11H15NO8S2/c1-5(13)17-9(18-6(2)14)12(11(21)22)10(19-7(3)15)20-8(4)16/h9-10H,1-4H3,(H,21,22). The summed E-state index contributed by atoms with van der Waals surface area (Å²) >= 11 is 8.66. The number of hydrogen-bond donors (Lipinski definition) is 1. The van der Waals surface area contributed by atoms with Gasteiger partial charge < -0.3 is 18.9 Å². The third-order valence-electron chi connectivity index (χ3n) is 1.74. The fourth-order valence-corrected chi connectivity index (χ4v) is 1.48.